The van der Waals surface area contributed by atoms with Crippen LogP contribution in [-0.2, 0) is 6.54 Å². The van der Waals surface area contributed by atoms with Crippen molar-refractivity contribution in [3.63, 3.8) is 0 Å². The smallest absolute Gasteiger partial charge is 0.163 e. The highest BCUT2D eigenvalue weighted by atomic mass is 16.3. The summed E-state index contributed by atoms with van der Waals surface area (Å²) in [5.74, 6) is 3.20. The monoisotopic (exact) mass is 269 g/mol. The van der Waals surface area contributed by atoms with E-state index in [0.717, 1.165) is 28.6 Å². The van der Waals surface area contributed by atoms with Crippen molar-refractivity contribution in [2.45, 2.75) is 31.7 Å². The van der Waals surface area contributed by atoms with Gasteiger partial charge in [0.15, 0.2) is 17.0 Å². The van der Waals surface area contributed by atoms with Crippen molar-refractivity contribution < 1.29 is 4.42 Å². The van der Waals surface area contributed by atoms with E-state index in [1.165, 1.54) is 19.3 Å². The fourth-order valence-corrected chi connectivity index (χ4v) is 2.43. The zero-order valence-electron chi connectivity index (χ0n) is 11.0. The molecule has 3 aromatic rings. The van der Waals surface area contributed by atoms with E-state index >= 15 is 0 Å². The molecule has 20 heavy (non-hydrogen) atoms. The lowest BCUT2D eigenvalue weighted by molar-refractivity contribution is 0.404. The second-order valence-corrected chi connectivity index (χ2v) is 5.10. The maximum Gasteiger partial charge on any atom is 0.163 e. The van der Waals surface area contributed by atoms with E-state index in [1.807, 2.05) is 12.1 Å². The van der Waals surface area contributed by atoms with Crippen LogP contribution in [-0.4, -0.2) is 19.9 Å². The Morgan fingerprint density at radius 1 is 1.35 bits per heavy atom. The van der Waals surface area contributed by atoms with Crippen LogP contribution in [0, 0.1) is 0 Å². The van der Waals surface area contributed by atoms with Crippen molar-refractivity contribution in [3.05, 3.63) is 36.3 Å². The number of nitrogens with zero attached hydrogens (tertiary/aromatic N) is 3. The Labute approximate surface area is 115 Å². The molecule has 1 aliphatic carbocycles. The second-order valence-electron chi connectivity index (χ2n) is 5.10. The summed E-state index contributed by atoms with van der Waals surface area (Å²) >= 11 is 0. The molecule has 0 spiro atoms. The molecule has 3 aromatic heterocycles. The third-order valence-corrected chi connectivity index (χ3v) is 3.80. The average Bonchev–Trinajstić information content (AvgIpc) is 3.03. The zero-order chi connectivity index (χ0) is 13.4. The molecule has 0 unspecified atom stereocenters. The Bertz CT molecular complexity index is 714. The minimum absolute atomic E-state index is 0.558. The summed E-state index contributed by atoms with van der Waals surface area (Å²) in [5, 5.41) is 3.25. The van der Waals surface area contributed by atoms with Gasteiger partial charge in [-0.05, 0) is 25.0 Å². The maximum atomic E-state index is 5.30. The highest BCUT2D eigenvalue weighted by Gasteiger charge is 2.23. The van der Waals surface area contributed by atoms with Gasteiger partial charge in [-0.3, -0.25) is 0 Å². The molecular weight excluding hydrogens is 254 g/mol. The first-order chi connectivity index (χ1) is 9.90. The Morgan fingerprint density at radius 3 is 3.05 bits per heavy atom. The fraction of sp³-hybridized carbons (Fsp3) is 0.357. The van der Waals surface area contributed by atoms with Crippen LogP contribution in [0.1, 0.15) is 36.8 Å². The summed E-state index contributed by atoms with van der Waals surface area (Å²) < 4.78 is 5.30. The third-order valence-electron chi connectivity index (χ3n) is 3.80. The molecule has 0 saturated heterocycles. The number of nitrogens with one attached hydrogen (secondary N) is 2. The van der Waals surface area contributed by atoms with Crippen molar-refractivity contribution >= 4 is 17.0 Å². The molecule has 6 heteroatoms. The van der Waals surface area contributed by atoms with Crippen molar-refractivity contribution in [1.82, 2.24) is 19.9 Å². The number of H-pyrrole nitrogens is 1. The van der Waals surface area contributed by atoms with Crippen molar-refractivity contribution in [3.8, 4) is 0 Å². The van der Waals surface area contributed by atoms with Crippen molar-refractivity contribution in [2.75, 3.05) is 5.32 Å². The largest absolute Gasteiger partial charge is 0.467 e. The Kier molecular flexibility index (Phi) is 2.65. The lowest BCUT2D eigenvalue weighted by atomic mass is 9.85. The quantitative estimate of drug-likeness (QED) is 0.761. The SMILES string of the molecule is c1coc(CNc2ncnc3[nH]c(C4CCC4)nc23)c1. The van der Waals surface area contributed by atoms with Gasteiger partial charge in [0.05, 0.1) is 12.8 Å². The lowest BCUT2D eigenvalue weighted by Gasteiger charge is -2.22. The van der Waals surface area contributed by atoms with Gasteiger partial charge in [-0.1, -0.05) is 6.42 Å². The number of anilines is 1. The van der Waals surface area contributed by atoms with Crippen molar-refractivity contribution in [1.29, 1.82) is 0 Å². The number of rotatable bonds is 4. The molecule has 2 N–H and O–H groups in total. The fourth-order valence-electron chi connectivity index (χ4n) is 2.43. The highest BCUT2D eigenvalue weighted by molar-refractivity contribution is 5.82. The molecule has 0 aliphatic heterocycles. The van der Waals surface area contributed by atoms with Crippen LogP contribution in [0.25, 0.3) is 11.2 Å². The molecule has 0 amide bonds. The molecule has 0 atom stereocenters. The Morgan fingerprint density at radius 2 is 2.30 bits per heavy atom. The van der Waals surface area contributed by atoms with E-state index in [9.17, 15) is 0 Å². The maximum absolute atomic E-state index is 5.30. The van der Waals surface area contributed by atoms with Crippen LogP contribution in [0.5, 0.6) is 0 Å². The second kappa shape index (κ2) is 4.63. The summed E-state index contributed by atoms with van der Waals surface area (Å²) in [7, 11) is 0. The number of furan rings is 1. The van der Waals surface area contributed by atoms with E-state index < -0.39 is 0 Å². The van der Waals surface area contributed by atoms with E-state index in [0.29, 0.717) is 12.5 Å². The van der Waals surface area contributed by atoms with Gasteiger partial charge >= 0.3 is 0 Å². The van der Waals surface area contributed by atoms with Gasteiger partial charge in [0.25, 0.3) is 0 Å². The van der Waals surface area contributed by atoms with Crippen LogP contribution < -0.4 is 5.32 Å². The summed E-state index contributed by atoms with van der Waals surface area (Å²) in [6.07, 6.45) is 6.92. The molecule has 3 heterocycles. The lowest BCUT2D eigenvalue weighted by Crippen LogP contribution is -2.10. The Balaban J connectivity index is 1.62. The minimum atomic E-state index is 0.558. The standard InChI is InChI=1S/C14H15N5O/c1-3-9(4-1)12-18-11-13(16-8-17-14(11)19-12)15-7-10-5-2-6-20-10/h2,5-6,8-9H,1,3-4,7H2,(H2,15,16,17,18,19). The van der Waals surface area contributed by atoms with Crippen LogP contribution in [0.2, 0.25) is 0 Å². The van der Waals surface area contributed by atoms with Crippen LogP contribution in [0.15, 0.2) is 29.1 Å². The van der Waals surface area contributed by atoms with Crippen LogP contribution >= 0.6 is 0 Å². The van der Waals surface area contributed by atoms with Crippen LogP contribution in [0.3, 0.4) is 0 Å². The molecule has 1 aliphatic rings. The first-order valence-electron chi connectivity index (χ1n) is 6.87. The number of aromatic nitrogens is 4. The van der Waals surface area contributed by atoms with E-state index in [4.69, 9.17) is 4.42 Å². The molecule has 0 aromatic carbocycles. The molecular formula is C14H15N5O. The van der Waals surface area contributed by atoms with Crippen molar-refractivity contribution in [2.24, 2.45) is 0 Å². The summed E-state index contributed by atoms with van der Waals surface area (Å²) in [6.45, 7) is 0.588. The number of fused-ring (bicyclic) bond motifs is 1. The topological polar surface area (TPSA) is 79.6 Å². The predicted octanol–water partition coefficient (Wildman–Crippen LogP) is 2.83. The van der Waals surface area contributed by atoms with E-state index in [1.54, 1.807) is 12.6 Å². The highest BCUT2D eigenvalue weighted by Crippen LogP contribution is 2.35. The summed E-state index contributed by atoms with van der Waals surface area (Å²) in [6, 6.07) is 3.80. The molecule has 4 rings (SSSR count). The van der Waals surface area contributed by atoms with Crippen LogP contribution in [0.4, 0.5) is 5.82 Å². The van der Waals surface area contributed by atoms with Gasteiger partial charge < -0.3 is 14.7 Å². The average molecular weight is 269 g/mol. The first kappa shape index (κ1) is 11.5. The zero-order valence-corrected chi connectivity index (χ0v) is 11.0. The summed E-state index contributed by atoms with van der Waals surface area (Å²) in [5.41, 5.74) is 1.60. The molecule has 102 valence electrons. The van der Waals surface area contributed by atoms with Gasteiger partial charge in [-0.15, -0.1) is 0 Å². The van der Waals surface area contributed by atoms with E-state index in [-0.39, 0.29) is 0 Å². The number of aromatic amines is 1. The molecule has 6 nitrogen and oxygen atoms in total. The summed E-state index contributed by atoms with van der Waals surface area (Å²) in [4.78, 5) is 16.5. The Hall–Kier alpha value is -2.37. The molecule has 0 radical (unpaired) electrons. The number of hydrogen-bond acceptors (Lipinski definition) is 5. The van der Waals surface area contributed by atoms with Gasteiger partial charge in [0.1, 0.15) is 17.9 Å². The van der Waals surface area contributed by atoms with Gasteiger partial charge in [0, 0.05) is 5.92 Å². The minimum Gasteiger partial charge on any atom is -0.467 e. The molecule has 1 fully saturated rings. The van der Waals surface area contributed by atoms with Gasteiger partial charge in [-0.2, -0.15) is 0 Å². The normalized spacial score (nSPS) is 15.4. The third kappa shape index (κ3) is 1.93. The van der Waals surface area contributed by atoms with Gasteiger partial charge in [-0.25, -0.2) is 15.0 Å². The first-order valence-corrected chi connectivity index (χ1v) is 6.87. The van der Waals surface area contributed by atoms with E-state index in [2.05, 4.69) is 25.3 Å². The number of imidazole rings is 1. The molecule has 1 saturated carbocycles. The predicted molar refractivity (Wildman–Crippen MR) is 74.3 cm³/mol. The molecule has 0 bridgehead atoms. The van der Waals surface area contributed by atoms with Gasteiger partial charge in [0.2, 0.25) is 0 Å². The number of hydrogen-bond donors (Lipinski definition) is 2.